The predicted octanol–water partition coefficient (Wildman–Crippen LogP) is 3.26. The van der Waals surface area contributed by atoms with Crippen molar-refractivity contribution in [1.82, 2.24) is 5.32 Å². The topological polar surface area (TPSA) is 12.0 Å². The van der Waals surface area contributed by atoms with Crippen LogP contribution in [0.25, 0.3) is 0 Å². The van der Waals surface area contributed by atoms with Crippen molar-refractivity contribution in [1.29, 1.82) is 0 Å². The molecule has 0 spiro atoms. The first-order valence-corrected chi connectivity index (χ1v) is 5.32. The van der Waals surface area contributed by atoms with E-state index in [2.05, 4.69) is 21.2 Å². The zero-order chi connectivity index (χ0) is 12.6. The van der Waals surface area contributed by atoms with Crippen LogP contribution in [-0.4, -0.2) is 6.54 Å². The molecule has 0 saturated carbocycles. The van der Waals surface area contributed by atoms with Crippen LogP contribution in [0.2, 0.25) is 0 Å². The second-order valence-electron chi connectivity index (χ2n) is 3.23. The van der Waals surface area contributed by atoms with E-state index < -0.39 is 0 Å². The van der Waals surface area contributed by atoms with Gasteiger partial charge in [0, 0.05) is 10.5 Å². The summed E-state index contributed by atoms with van der Waals surface area (Å²) >= 11 is 3.30. The van der Waals surface area contributed by atoms with Crippen LogP contribution in [-0.2, 0) is 0 Å². The first-order valence-electron chi connectivity index (χ1n) is 6.53. The van der Waals surface area contributed by atoms with Gasteiger partial charge in [0.05, 0.1) is 5.48 Å². The second-order valence-corrected chi connectivity index (χ2v) is 4.02. The lowest BCUT2D eigenvalue weighted by Crippen LogP contribution is -2.26. The molecular weight excluding hydrogens is 226 g/mol. The van der Waals surface area contributed by atoms with Crippen molar-refractivity contribution in [3.8, 4) is 0 Å². The molecule has 1 nitrogen and oxygen atoms in total. The maximum atomic E-state index is 7.95. The summed E-state index contributed by atoms with van der Waals surface area (Å²) in [5.74, 6) is 0. The van der Waals surface area contributed by atoms with Crippen molar-refractivity contribution in [2.45, 2.75) is 25.3 Å². The van der Waals surface area contributed by atoms with E-state index in [1.54, 1.807) is 0 Å². The summed E-state index contributed by atoms with van der Waals surface area (Å²) in [5, 5.41) is 3.31. The third-order valence-electron chi connectivity index (χ3n) is 2.33. The average molecular weight is 244 g/mol. The van der Waals surface area contributed by atoms with Gasteiger partial charge in [0.15, 0.2) is 0 Å². The maximum absolute atomic E-state index is 7.95. The molecule has 0 aromatic heterocycles. The summed E-state index contributed by atoms with van der Waals surface area (Å²) in [6.07, 6.45) is 3.13. The molecule has 1 fully saturated rings. The Morgan fingerprint density at radius 3 is 3.00 bits per heavy atom. The molecule has 1 unspecified atom stereocenters. The van der Waals surface area contributed by atoms with Crippen molar-refractivity contribution >= 4 is 15.9 Å². The molecule has 1 atom stereocenters. The van der Waals surface area contributed by atoms with E-state index in [1.165, 1.54) is 0 Å². The molecular formula is C11H14BrN. The average Bonchev–Trinajstić information content (AvgIpc) is 2.36. The lowest BCUT2D eigenvalue weighted by atomic mass is 9.98. The Kier molecular flexibility index (Phi) is 1.80. The molecule has 1 saturated heterocycles. The Labute approximate surface area is 93.3 Å². The molecule has 0 aliphatic carbocycles. The van der Waals surface area contributed by atoms with E-state index in [4.69, 9.17) is 5.48 Å². The van der Waals surface area contributed by atoms with Crippen LogP contribution in [0.5, 0.6) is 0 Å². The summed E-state index contributed by atoms with van der Waals surface area (Å²) in [4.78, 5) is 0. The predicted molar refractivity (Wildman–Crippen MR) is 58.7 cm³/mol. The van der Waals surface area contributed by atoms with E-state index in [9.17, 15) is 0 Å². The van der Waals surface area contributed by atoms with Gasteiger partial charge in [0.1, 0.15) is 0 Å². The van der Waals surface area contributed by atoms with Gasteiger partial charge >= 0.3 is 0 Å². The third kappa shape index (κ3) is 2.12. The fourth-order valence-electron chi connectivity index (χ4n) is 1.65. The Balaban J connectivity index is 2.52. The highest BCUT2D eigenvalue weighted by atomic mass is 79.9. The maximum Gasteiger partial charge on any atom is 0.0635 e. The molecule has 1 aliphatic rings. The highest BCUT2D eigenvalue weighted by molar-refractivity contribution is 9.10. The number of benzene rings is 1. The third-order valence-corrected chi connectivity index (χ3v) is 2.95. The summed E-state index contributed by atoms with van der Waals surface area (Å²) in [7, 11) is 0. The minimum absolute atomic E-state index is 0.00775. The molecule has 2 rings (SSSR count). The standard InChI is InChI=1S/C11H14BrN/c12-10-6-2-1-5-9(10)11-7-3-4-8-13-11/h1-2,5-6,11,13H,3-4,7-8H2/i1D,2D,5D,6D. The van der Waals surface area contributed by atoms with E-state index in [0.29, 0.717) is 10.0 Å². The normalized spacial score (nSPS) is 27.3. The first kappa shape index (κ1) is 5.52. The Morgan fingerprint density at radius 1 is 1.38 bits per heavy atom. The lowest BCUT2D eigenvalue weighted by molar-refractivity contribution is 0.411. The Morgan fingerprint density at radius 2 is 2.23 bits per heavy atom. The molecule has 13 heavy (non-hydrogen) atoms. The zero-order valence-corrected chi connectivity index (χ0v) is 8.87. The van der Waals surface area contributed by atoms with Gasteiger partial charge in [-0.25, -0.2) is 0 Å². The summed E-state index contributed by atoms with van der Waals surface area (Å²) in [6, 6.07) is -0.230. The first-order chi connectivity index (χ1) is 8.04. The largest absolute Gasteiger partial charge is 0.310 e. The van der Waals surface area contributed by atoms with E-state index in [-0.39, 0.29) is 30.2 Å². The number of piperidine rings is 1. The number of hydrogen-bond acceptors (Lipinski definition) is 1. The number of rotatable bonds is 1. The molecule has 1 N–H and O–H groups in total. The van der Waals surface area contributed by atoms with Crippen LogP contribution < -0.4 is 5.32 Å². The SMILES string of the molecule is [2H]c1c([2H])c([2H])c(C2CCCCN2)c(Br)c1[2H]. The van der Waals surface area contributed by atoms with Crippen molar-refractivity contribution < 1.29 is 5.48 Å². The molecule has 2 heteroatoms. The number of hydrogen-bond donors (Lipinski definition) is 1. The monoisotopic (exact) mass is 243 g/mol. The summed E-state index contributed by atoms with van der Waals surface area (Å²) in [5.41, 5.74) is 0.663. The molecule has 70 valence electrons. The van der Waals surface area contributed by atoms with Crippen LogP contribution in [0.3, 0.4) is 0 Å². The smallest absolute Gasteiger partial charge is 0.0635 e. The highest BCUT2D eigenvalue weighted by Crippen LogP contribution is 2.28. The zero-order valence-electron chi connectivity index (χ0n) is 11.3. The van der Waals surface area contributed by atoms with Crippen molar-refractivity contribution in [3.05, 3.63) is 34.2 Å². The Bertz CT molecular complexity index is 415. The molecule has 0 bridgehead atoms. The van der Waals surface area contributed by atoms with Crippen LogP contribution in [0.15, 0.2) is 28.6 Å². The van der Waals surface area contributed by atoms with E-state index in [0.717, 1.165) is 25.8 Å². The fourth-order valence-corrected chi connectivity index (χ4v) is 2.12. The molecule has 1 aromatic carbocycles. The van der Waals surface area contributed by atoms with Gasteiger partial charge in [-0.05, 0) is 31.0 Å². The molecule has 1 aromatic rings. The van der Waals surface area contributed by atoms with E-state index >= 15 is 0 Å². The second kappa shape index (κ2) is 4.25. The summed E-state index contributed by atoms with van der Waals surface area (Å²) < 4.78 is 31.5. The quantitative estimate of drug-likeness (QED) is 0.799. The van der Waals surface area contributed by atoms with Crippen molar-refractivity contribution in [2.24, 2.45) is 0 Å². The van der Waals surface area contributed by atoms with Gasteiger partial charge in [0.2, 0.25) is 0 Å². The van der Waals surface area contributed by atoms with Crippen LogP contribution >= 0.6 is 15.9 Å². The Hall–Kier alpha value is -0.340. The van der Waals surface area contributed by atoms with Gasteiger partial charge in [-0.2, -0.15) is 0 Å². The molecule has 0 radical (unpaired) electrons. The van der Waals surface area contributed by atoms with Crippen molar-refractivity contribution in [3.63, 3.8) is 0 Å². The van der Waals surface area contributed by atoms with Crippen molar-refractivity contribution in [2.75, 3.05) is 6.54 Å². The minimum atomic E-state index is -0.179. The summed E-state index contributed by atoms with van der Waals surface area (Å²) in [6.45, 7) is 0.903. The molecule has 0 amide bonds. The molecule has 1 aliphatic heterocycles. The lowest BCUT2D eigenvalue weighted by Gasteiger charge is -2.24. The fraction of sp³-hybridized carbons (Fsp3) is 0.455. The van der Waals surface area contributed by atoms with Gasteiger partial charge < -0.3 is 5.32 Å². The van der Waals surface area contributed by atoms with Gasteiger partial charge in [-0.1, -0.05) is 40.5 Å². The molecule has 1 heterocycles. The van der Waals surface area contributed by atoms with Crippen LogP contribution in [0.1, 0.15) is 36.4 Å². The van der Waals surface area contributed by atoms with Crippen LogP contribution in [0.4, 0.5) is 0 Å². The van der Waals surface area contributed by atoms with Gasteiger partial charge in [-0.3, -0.25) is 0 Å². The van der Waals surface area contributed by atoms with Gasteiger partial charge in [-0.15, -0.1) is 0 Å². The number of halogens is 1. The van der Waals surface area contributed by atoms with E-state index in [1.807, 2.05) is 0 Å². The van der Waals surface area contributed by atoms with Gasteiger partial charge in [0.25, 0.3) is 0 Å². The number of nitrogens with one attached hydrogen (secondary N) is 1. The van der Waals surface area contributed by atoms with Crippen LogP contribution in [0, 0.1) is 0 Å². The highest BCUT2D eigenvalue weighted by Gasteiger charge is 2.15. The minimum Gasteiger partial charge on any atom is -0.310 e.